The zero-order valence-electron chi connectivity index (χ0n) is 20.8. The minimum Gasteiger partial charge on any atom is -0.368 e. The van der Waals surface area contributed by atoms with Crippen molar-refractivity contribution >= 4 is 46.6 Å². The first kappa shape index (κ1) is 24.7. The summed E-state index contributed by atoms with van der Waals surface area (Å²) in [5, 5.41) is 0.817. The average Bonchev–Trinajstić information content (AvgIpc) is 2.89. The molecule has 3 heterocycles. The van der Waals surface area contributed by atoms with E-state index in [0.717, 1.165) is 49.2 Å². The number of nitrogens with zero attached hydrogens (tertiary/aromatic N) is 6. The molecule has 0 atom stereocenters. The van der Waals surface area contributed by atoms with Gasteiger partial charge in [-0.2, -0.15) is 4.98 Å². The summed E-state index contributed by atoms with van der Waals surface area (Å²) >= 11 is 12.2. The van der Waals surface area contributed by atoms with Crippen LogP contribution < -0.4 is 14.7 Å². The number of benzene rings is 2. The molecule has 2 aromatic carbocycles. The maximum Gasteiger partial charge on any atom is 0.254 e. The molecule has 0 unspecified atom stereocenters. The van der Waals surface area contributed by atoms with Crippen LogP contribution in [0.25, 0.3) is 0 Å². The van der Waals surface area contributed by atoms with E-state index in [9.17, 15) is 4.79 Å². The van der Waals surface area contributed by atoms with E-state index in [1.54, 1.807) is 18.2 Å². The van der Waals surface area contributed by atoms with Gasteiger partial charge in [0.25, 0.3) is 5.91 Å². The highest BCUT2D eigenvalue weighted by atomic mass is 35.5. The summed E-state index contributed by atoms with van der Waals surface area (Å²) in [6, 6.07) is 13.7. The van der Waals surface area contributed by atoms with E-state index in [4.69, 9.17) is 33.2 Å². The molecule has 0 aliphatic carbocycles. The topological polar surface area (TPSA) is 55.8 Å². The lowest BCUT2D eigenvalue weighted by molar-refractivity contribution is 0.0733. The first-order valence-electron chi connectivity index (χ1n) is 12.2. The van der Waals surface area contributed by atoms with Gasteiger partial charge in [0.15, 0.2) is 0 Å². The largest absolute Gasteiger partial charge is 0.368 e. The van der Waals surface area contributed by atoms with Crippen LogP contribution in [0.5, 0.6) is 0 Å². The maximum absolute atomic E-state index is 13.2. The summed E-state index contributed by atoms with van der Waals surface area (Å²) in [4.78, 5) is 31.6. The number of piperazine rings is 1. The Bertz CT molecular complexity index is 1270. The monoisotopic (exact) mass is 524 g/mol. The number of hydrogen-bond acceptors (Lipinski definition) is 6. The smallest absolute Gasteiger partial charge is 0.254 e. The summed E-state index contributed by atoms with van der Waals surface area (Å²) < 4.78 is 0. The number of fused-ring (bicyclic) bond motifs is 1. The number of carbonyl (C=O) groups excluding carboxylic acids is 1. The van der Waals surface area contributed by atoms with Crippen molar-refractivity contribution < 1.29 is 4.79 Å². The summed E-state index contributed by atoms with van der Waals surface area (Å²) in [5.74, 6) is 1.56. The van der Waals surface area contributed by atoms with Gasteiger partial charge < -0.3 is 19.6 Å². The molecule has 2 aliphatic heterocycles. The quantitative estimate of drug-likeness (QED) is 0.493. The maximum atomic E-state index is 13.2. The van der Waals surface area contributed by atoms with E-state index in [1.165, 1.54) is 11.3 Å². The second-order valence-corrected chi connectivity index (χ2v) is 10.4. The normalized spacial score (nSPS) is 15.6. The Balaban J connectivity index is 1.34. The molecule has 1 saturated heterocycles. The Kier molecular flexibility index (Phi) is 6.95. The fourth-order valence-corrected chi connectivity index (χ4v) is 5.10. The molecule has 5 rings (SSSR count). The molecule has 7 nitrogen and oxygen atoms in total. The third-order valence-electron chi connectivity index (χ3n) is 6.87. The van der Waals surface area contributed by atoms with E-state index in [0.29, 0.717) is 35.1 Å². The van der Waals surface area contributed by atoms with E-state index in [2.05, 4.69) is 41.0 Å². The second-order valence-electron chi connectivity index (χ2n) is 9.58. The number of hydrogen-bond donors (Lipinski definition) is 0. The first-order valence-corrected chi connectivity index (χ1v) is 12.9. The number of carbonyl (C=O) groups is 1. The van der Waals surface area contributed by atoms with Crippen LogP contribution in [0.4, 0.5) is 17.5 Å². The first-order chi connectivity index (χ1) is 17.3. The molecule has 0 saturated carbocycles. The van der Waals surface area contributed by atoms with Gasteiger partial charge >= 0.3 is 0 Å². The molecule has 0 spiro atoms. The van der Waals surface area contributed by atoms with Crippen molar-refractivity contribution in [2.45, 2.75) is 19.9 Å². The standard InChI is InChI=1S/C27H30Cl2N6O/c1-18-4-7-20(8-5-18)33-12-14-34(15-13-33)27-30-24-10-11-35(17-21(24)25(31-27)32(2)3)26(36)19-6-9-22(28)23(29)16-19/h4-9,16H,10-15,17H2,1-3H3. The van der Waals surface area contributed by atoms with Gasteiger partial charge in [0, 0.05) is 70.1 Å². The fourth-order valence-electron chi connectivity index (χ4n) is 4.80. The van der Waals surface area contributed by atoms with Crippen molar-refractivity contribution in [2.75, 3.05) is 61.5 Å². The van der Waals surface area contributed by atoms with Crippen LogP contribution >= 0.6 is 23.2 Å². The van der Waals surface area contributed by atoms with Crippen LogP contribution in [-0.4, -0.2) is 67.6 Å². The van der Waals surface area contributed by atoms with Crippen LogP contribution in [-0.2, 0) is 13.0 Å². The highest BCUT2D eigenvalue weighted by molar-refractivity contribution is 6.42. The Labute approximate surface area is 222 Å². The van der Waals surface area contributed by atoms with Gasteiger partial charge in [0.1, 0.15) is 5.82 Å². The highest BCUT2D eigenvalue weighted by Gasteiger charge is 2.29. The Morgan fingerprint density at radius 3 is 2.25 bits per heavy atom. The fraction of sp³-hybridized carbons (Fsp3) is 0.370. The molecular formula is C27H30Cl2N6O. The Morgan fingerprint density at radius 1 is 0.889 bits per heavy atom. The number of halogens is 2. The van der Waals surface area contributed by atoms with Crippen molar-refractivity contribution in [3.05, 3.63) is 74.9 Å². The van der Waals surface area contributed by atoms with Gasteiger partial charge in [-0.1, -0.05) is 40.9 Å². The molecule has 3 aromatic rings. The average molecular weight is 525 g/mol. The molecule has 0 radical (unpaired) electrons. The molecule has 1 aromatic heterocycles. The number of aryl methyl sites for hydroxylation is 1. The third-order valence-corrected chi connectivity index (χ3v) is 7.60. The van der Waals surface area contributed by atoms with Gasteiger partial charge in [-0.15, -0.1) is 0 Å². The van der Waals surface area contributed by atoms with Crippen molar-refractivity contribution in [2.24, 2.45) is 0 Å². The molecule has 9 heteroatoms. The molecule has 0 bridgehead atoms. The second kappa shape index (κ2) is 10.1. The number of amides is 1. The predicted molar refractivity (Wildman–Crippen MR) is 147 cm³/mol. The predicted octanol–water partition coefficient (Wildman–Crippen LogP) is 4.68. The Morgan fingerprint density at radius 2 is 1.58 bits per heavy atom. The SMILES string of the molecule is Cc1ccc(N2CCN(c3nc4c(c(N(C)C)n3)CN(C(=O)c3ccc(Cl)c(Cl)c3)CC4)CC2)cc1. The lowest BCUT2D eigenvalue weighted by atomic mass is 10.0. The van der Waals surface area contributed by atoms with Gasteiger partial charge in [0.2, 0.25) is 5.95 Å². The van der Waals surface area contributed by atoms with E-state index in [-0.39, 0.29) is 5.91 Å². The van der Waals surface area contributed by atoms with E-state index in [1.807, 2.05) is 23.9 Å². The van der Waals surface area contributed by atoms with Crippen LogP contribution in [0, 0.1) is 6.92 Å². The summed E-state index contributed by atoms with van der Waals surface area (Å²) in [6.45, 7) is 6.74. The summed E-state index contributed by atoms with van der Waals surface area (Å²) in [5.41, 5.74) is 5.08. The number of aromatic nitrogens is 2. The minimum absolute atomic E-state index is 0.0692. The lowest BCUT2D eigenvalue weighted by Crippen LogP contribution is -2.47. The van der Waals surface area contributed by atoms with Crippen LogP contribution in [0.15, 0.2) is 42.5 Å². The summed E-state index contributed by atoms with van der Waals surface area (Å²) in [6.07, 6.45) is 0.683. The number of rotatable bonds is 4. The molecule has 188 valence electrons. The molecular weight excluding hydrogens is 495 g/mol. The van der Waals surface area contributed by atoms with Crippen molar-refractivity contribution in [1.82, 2.24) is 14.9 Å². The van der Waals surface area contributed by atoms with E-state index >= 15 is 0 Å². The molecule has 36 heavy (non-hydrogen) atoms. The van der Waals surface area contributed by atoms with Crippen LogP contribution in [0.2, 0.25) is 10.0 Å². The molecule has 0 N–H and O–H groups in total. The molecule has 1 fully saturated rings. The lowest BCUT2D eigenvalue weighted by Gasteiger charge is -2.37. The molecule has 1 amide bonds. The minimum atomic E-state index is -0.0692. The van der Waals surface area contributed by atoms with Crippen LogP contribution in [0.3, 0.4) is 0 Å². The summed E-state index contributed by atoms with van der Waals surface area (Å²) in [7, 11) is 3.98. The number of anilines is 3. The van der Waals surface area contributed by atoms with Crippen LogP contribution in [0.1, 0.15) is 27.2 Å². The third kappa shape index (κ3) is 4.95. The van der Waals surface area contributed by atoms with Gasteiger partial charge in [0.05, 0.1) is 22.3 Å². The van der Waals surface area contributed by atoms with Gasteiger partial charge in [-0.3, -0.25) is 4.79 Å². The van der Waals surface area contributed by atoms with Crippen molar-refractivity contribution in [1.29, 1.82) is 0 Å². The Hall–Kier alpha value is -3.03. The van der Waals surface area contributed by atoms with Gasteiger partial charge in [-0.05, 0) is 37.3 Å². The van der Waals surface area contributed by atoms with Crippen molar-refractivity contribution in [3.8, 4) is 0 Å². The molecule has 2 aliphatic rings. The zero-order valence-corrected chi connectivity index (χ0v) is 22.4. The van der Waals surface area contributed by atoms with Crippen molar-refractivity contribution in [3.63, 3.8) is 0 Å². The highest BCUT2D eigenvalue weighted by Crippen LogP contribution is 2.30. The van der Waals surface area contributed by atoms with Gasteiger partial charge in [-0.25, -0.2) is 4.98 Å². The zero-order chi connectivity index (χ0) is 25.4. The van der Waals surface area contributed by atoms with E-state index < -0.39 is 0 Å².